The maximum Gasteiger partial charge on any atom is 0.0639 e. The van der Waals surface area contributed by atoms with Gasteiger partial charge in [0.1, 0.15) is 0 Å². The summed E-state index contributed by atoms with van der Waals surface area (Å²) >= 11 is 0. The average Bonchev–Trinajstić information content (AvgIpc) is 2.19. The topological polar surface area (TPSA) is 41.5 Å². The summed E-state index contributed by atoms with van der Waals surface area (Å²) < 4.78 is 5.38. The van der Waals surface area contributed by atoms with E-state index < -0.39 is 0 Å². The van der Waals surface area contributed by atoms with E-state index in [2.05, 4.69) is 18.3 Å². The molecular formula is C11H21NO2. The molecule has 0 aromatic heterocycles. The fraction of sp³-hybridized carbons (Fsp3) is 0.818. The molecule has 1 heterocycles. The second-order valence-electron chi connectivity index (χ2n) is 4.04. The van der Waals surface area contributed by atoms with Gasteiger partial charge in [0.05, 0.1) is 13.2 Å². The van der Waals surface area contributed by atoms with Crippen molar-refractivity contribution >= 4 is 0 Å². The third-order valence-electron chi connectivity index (χ3n) is 2.44. The Balaban J connectivity index is 2.28. The van der Waals surface area contributed by atoms with Crippen LogP contribution >= 0.6 is 0 Å². The van der Waals surface area contributed by atoms with E-state index in [4.69, 9.17) is 9.84 Å². The molecule has 1 rings (SSSR count). The first kappa shape index (κ1) is 11.7. The van der Waals surface area contributed by atoms with E-state index in [1.54, 1.807) is 0 Å². The quantitative estimate of drug-likeness (QED) is 0.666. The molecule has 1 fully saturated rings. The zero-order valence-corrected chi connectivity index (χ0v) is 9.12. The van der Waals surface area contributed by atoms with Gasteiger partial charge in [0, 0.05) is 18.7 Å². The summed E-state index contributed by atoms with van der Waals surface area (Å²) in [5.41, 5.74) is 1.02. The predicted molar refractivity (Wildman–Crippen MR) is 57.3 cm³/mol. The molecule has 0 radical (unpaired) electrons. The number of hydrogen-bond acceptors (Lipinski definition) is 3. The number of hydrogen-bond donors (Lipinski definition) is 2. The van der Waals surface area contributed by atoms with Crippen molar-refractivity contribution in [2.24, 2.45) is 0 Å². The van der Waals surface area contributed by atoms with E-state index in [1.165, 1.54) is 6.42 Å². The minimum Gasteiger partial charge on any atom is -0.392 e. The van der Waals surface area contributed by atoms with Crippen LogP contribution in [0.3, 0.4) is 0 Å². The first-order valence-electron chi connectivity index (χ1n) is 5.34. The summed E-state index contributed by atoms with van der Waals surface area (Å²) in [5, 5.41) is 12.3. The Bertz CT molecular complexity index is 186. The van der Waals surface area contributed by atoms with Crippen LogP contribution in [0.5, 0.6) is 0 Å². The molecule has 0 spiro atoms. The molecule has 1 aliphatic rings. The lowest BCUT2D eigenvalue weighted by Crippen LogP contribution is -2.41. The van der Waals surface area contributed by atoms with Crippen molar-refractivity contribution in [1.82, 2.24) is 5.32 Å². The third kappa shape index (κ3) is 4.22. The van der Waals surface area contributed by atoms with Crippen molar-refractivity contribution in [3.05, 3.63) is 11.6 Å². The van der Waals surface area contributed by atoms with Crippen molar-refractivity contribution in [3.8, 4) is 0 Å². The molecule has 1 aliphatic heterocycles. The molecule has 0 saturated carbocycles. The van der Waals surface area contributed by atoms with E-state index in [0.717, 1.165) is 25.2 Å². The van der Waals surface area contributed by atoms with Crippen LogP contribution in [-0.2, 0) is 4.74 Å². The van der Waals surface area contributed by atoms with E-state index in [0.29, 0.717) is 12.1 Å². The Kier molecular flexibility index (Phi) is 5.15. The maximum absolute atomic E-state index is 8.87. The molecule has 82 valence electrons. The molecule has 0 bridgehead atoms. The van der Waals surface area contributed by atoms with Gasteiger partial charge in [0.15, 0.2) is 0 Å². The van der Waals surface area contributed by atoms with Crippen LogP contribution in [0.2, 0.25) is 0 Å². The van der Waals surface area contributed by atoms with E-state index in [1.807, 2.05) is 6.92 Å². The van der Waals surface area contributed by atoms with Crippen LogP contribution in [0, 0.1) is 0 Å². The first-order chi connectivity index (χ1) is 6.72. The lowest BCUT2D eigenvalue weighted by Gasteiger charge is -2.25. The van der Waals surface area contributed by atoms with Crippen LogP contribution in [0.1, 0.15) is 26.7 Å². The van der Waals surface area contributed by atoms with Crippen LogP contribution in [-0.4, -0.2) is 37.0 Å². The Hall–Kier alpha value is -0.380. The minimum atomic E-state index is 0.146. The summed E-state index contributed by atoms with van der Waals surface area (Å²) in [6.07, 6.45) is 4.40. The zero-order chi connectivity index (χ0) is 10.4. The van der Waals surface area contributed by atoms with Crippen molar-refractivity contribution in [3.63, 3.8) is 0 Å². The molecular weight excluding hydrogens is 178 g/mol. The normalized spacial score (nSPS) is 26.2. The number of aliphatic hydroxyl groups excluding tert-OH is 1. The van der Waals surface area contributed by atoms with Gasteiger partial charge >= 0.3 is 0 Å². The second-order valence-corrected chi connectivity index (χ2v) is 4.04. The van der Waals surface area contributed by atoms with E-state index in [-0.39, 0.29) is 6.61 Å². The molecule has 2 N–H and O–H groups in total. The van der Waals surface area contributed by atoms with Gasteiger partial charge < -0.3 is 15.2 Å². The predicted octanol–water partition coefficient (Wildman–Crippen LogP) is 1.08. The SMILES string of the molecule is C/C(=C\C(C)NC1CCCOC1)CO. The molecule has 2 unspecified atom stereocenters. The zero-order valence-electron chi connectivity index (χ0n) is 9.12. The number of rotatable bonds is 4. The van der Waals surface area contributed by atoms with Gasteiger partial charge in [0.2, 0.25) is 0 Å². The fourth-order valence-electron chi connectivity index (χ4n) is 1.77. The highest BCUT2D eigenvalue weighted by atomic mass is 16.5. The molecule has 0 aromatic carbocycles. The van der Waals surface area contributed by atoms with Gasteiger partial charge in [-0.2, -0.15) is 0 Å². The number of ether oxygens (including phenoxy) is 1. The average molecular weight is 199 g/mol. The molecule has 2 atom stereocenters. The van der Waals surface area contributed by atoms with Crippen LogP contribution in [0.15, 0.2) is 11.6 Å². The van der Waals surface area contributed by atoms with Gasteiger partial charge in [-0.15, -0.1) is 0 Å². The largest absolute Gasteiger partial charge is 0.392 e. The van der Waals surface area contributed by atoms with Crippen LogP contribution < -0.4 is 5.32 Å². The summed E-state index contributed by atoms with van der Waals surface area (Å²) in [7, 11) is 0. The van der Waals surface area contributed by atoms with Crippen molar-refractivity contribution < 1.29 is 9.84 Å². The van der Waals surface area contributed by atoms with Gasteiger partial charge in [-0.25, -0.2) is 0 Å². The highest BCUT2D eigenvalue weighted by Gasteiger charge is 2.14. The number of nitrogens with one attached hydrogen (secondary N) is 1. The summed E-state index contributed by atoms with van der Waals surface area (Å²) in [5.74, 6) is 0. The Labute approximate surface area is 86.2 Å². The van der Waals surface area contributed by atoms with Gasteiger partial charge in [-0.1, -0.05) is 11.6 Å². The van der Waals surface area contributed by atoms with Crippen molar-refractivity contribution in [2.45, 2.75) is 38.8 Å². The summed E-state index contributed by atoms with van der Waals surface area (Å²) in [4.78, 5) is 0. The molecule has 1 saturated heterocycles. The molecule has 3 heteroatoms. The molecule has 0 aromatic rings. The maximum atomic E-state index is 8.87. The molecule has 3 nitrogen and oxygen atoms in total. The van der Waals surface area contributed by atoms with Gasteiger partial charge in [-0.3, -0.25) is 0 Å². The van der Waals surface area contributed by atoms with Crippen molar-refractivity contribution in [2.75, 3.05) is 19.8 Å². The molecule has 0 amide bonds. The van der Waals surface area contributed by atoms with Crippen LogP contribution in [0.25, 0.3) is 0 Å². The smallest absolute Gasteiger partial charge is 0.0639 e. The second kappa shape index (κ2) is 6.17. The lowest BCUT2D eigenvalue weighted by molar-refractivity contribution is 0.0688. The van der Waals surface area contributed by atoms with Gasteiger partial charge in [-0.05, 0) is 26.7 Å². The minimum absolute atomic E-state index is 0.146. The summed E-state index contributed by atoms with van der Waals surface area (Å²) in [6, 6.07) is 0.787. The first-order valence-corrected chi connectivity index (χ1v) is 5.34. The Morgan fingerprint density at radius 3 is 3.07 bits per heavy atom. The van der Waals surface area contributed by atoms with Crippen molar-refractivity contribution in [1.29, 1.82) is 0 Å². The number of aliphatic hydroxyl groups is 1. The third-order valence-corrected chi connectivity index (χ3v) is 2.44. The van der Waals surface area contributed by atoms with E-state index in [9.17, 15) is 0 Å². The lowest BCUT2D eigenvalue weighted by atomic mass is 10.1. The monoisotopic (exact) mass is 199 g/mol. The fourth-order valence-corrected chi connectivity index (χ4v) is 1.77. The standard InChI is InChI=1S/C11H21NO2/c1-9(7-13)6-10(2)12-11-4-3-5-14-8-11/h6,10-13H,3-5,7-8H2,1-2H3/b9-6+. The van der Waals surface area contributed by atoms with Crippen LogP contribution in [0.4, 0.5) is 0 Å². The Morgan fingerprint density at radius 2 is 2.50 bits per heavy atom. The van der Waals surface area contributed by atoms with Gasteiger partial charge in [0.25, 0.3) is 0 Å². The molecule has 14 heavy (non-hydrogen) atoms. The highest BCUT2D eigenvalue weighted by Crippen LogP contribution is 2.07. The summed E-state index contributed by atoms with van der Waals surface area (Å²) in [6.45, 7) is 5.91. The molecule has 0 aliphatic carbocycles. The highest BCUT2D eigenvalue weighted by molar-refractivity contribution is 5.03. The van der Waals surface area contributed by atoms with E-state index >= 15 is 0 Å². The Morgan fingerprint density at radius 1 is 1.71 bits per heavy atom.